The van der Waals surface area contributed by atoms with Crippen LogP contribution in [0.4, 0.5) is 0 Å². The summed E-state index contributed by atoms with van der Waals surface area (Å²) in [6.07, 6.45) is 0. The number of hydrogen-bond donors (Lipinski definition) is 0. The topological polar surface area (TPSA) is 0 Å². The standard InChI is InChI=1S/C7H10ClSi.C5H5.Fe/c1-9(2,8)7-5-3-4-6-7;1-2-4-5-3-1;/h3-6H,1-2H3;1-5H;/q2*-1;+2. The van der Waals surface area contributed by atoms with E-state index in [1.807, 2.05) is 42.5 Å². The van der Waals surface area contributed by atoms with E-state index in [2.05, 4.69) is 25.2 Å². The van der Waals surface area contributed by atoms with Crippen molar-refractivity contribution < 1.29 is 17.1 Å². The first-order valence-corrected chi connectivity index (χ1v) is 8.69. The zero-order chi connectivity index (χ0) is 10.4. The summed E-state index contributed by atoms with van der Waals surface area (Å²) >= 11 is 6.14. The third-order valence-electron chi connectivity index (χ3n) is 1.90. The zero-order valence-electron chi connectivity index (χ0n) is 8.93. The molecule has 0 saturated carbocycles. The summed E-state index contributed by atoms with van der Waals surface area (Å²) in [5.74, 6) is 0. The predicted octanol–water partition coefficient (Wildman–Crippen LogP) is 3.46. The van der Waals surface area contributed by atoms with E-state index in [1.54, 1.807) is 0 Å². The van der Waals surface area contributed by atoms with Crippen LogP contribution in [0.1, 0.15) is 0 Å². The molecule has 0 saturated heterocycles. The van der Waals surface area contributed by atoms with Crippen molar-refractivity contribution in [1.82, 2.24) is 0 Å². The van der Waals surface area contributed by atoms with E-state index in [9.17, 15) is 0 Å². The maximum Gasteiger partial charge on any atom is 2.00 e. The fraction of sp³-hybridized carbons (Fsp3) is 0.167. The molecule has 82 valence electrons. The molecular formula is C12H15ClFeSi. The van der Waals surface area contributed by atoms with Gasteiger partial charge in [0.05, 0.1) is 0 Å². The molecule has 0 aliphatic carbocycles. The number of hydrogen-bond acceptors (Lipinski definition) is 0. The van der Waals surface area contributed by atoms with Gasteiger partial charge in [-0.2, -0.15) is 46.6 Å². The van der Waals surface area contributed by atoms with E-state index in [0.29, 0.717) is 0 Å². The molecule has 0 amide bonds. The minimum Gasteiger partial charge on any atom is -0.214 e. The maximum atomic E-state index is 6.14. The molecule has 15 heavy (non-hydrogen) atoms. The Labute approximate surface area is 108 Å². The second-order valence-corrected chi connectivity index (χ2v) is 9.97. The first-order valence-electron chi connectivity index (χ1n) is 4.68. The van der Waals surface area contributed by atoms with Crippen LogP contribution in [0.3, 0.4) is 0 Å². The summed E-state index contributed by atoms with van der Waals surface area (Å²) in [6, 6.07) is 18.3. The van der Waals surface area contributed by atoms with Crippen LogP contribution >= 0.6 is 11.1 Å². The fourth-order valence-electron chi connectivity index (χ4n) is 1.09. The minimum atomic E-state index is -1.51. The molecule has 0 unspecified atom stereocenters. The fourth-order valence-corrected chi connectivity index (χ4v) is 2.45. The SMILES string of the molecule is C[Si](C)(Cl)c1ccc[cH-]1.[Fe+2].c1cc[cH-]c1. The van der Waals surface area contributed by atoms with Gasteiger partial charge < -0.3 is 0 Å². The average molecular weight is 279 g/mol. The Kier molecular flexibility index (Phi) is 6.95. The molecule has 2 rings (SSSR count). The van der Waals surface area contributed by atoms with Gasteiger partial charge in [-0.05, 0) is 0 Å². The summed E-state index contributed by atoms with van der Waals surface area (Å²) in [7, 11) is -1.51. The van der Waals surface area contributed by atoms with E-state index >= 15 is 0 Å². The van der Waals surface area contributed by atoms with E-state index in [4.69, 9.17) is 11.1 Å². The van der Waals surface area contributed by atoms with Gasteiger partial charge in [-0.25, -0.2) is 24.3 Å². The molecule has 0 radical (unpaired) electrons. The molecule has 0 heterocycles. The Morgan fingerprint density at radius 3 is 1.87 bits per heavy atom. The van der Waals surface area contributed by atoms with Gasteiger partial charge in [0.15, 0.2) is 7.38 Å². The third kappa shape index (κ3) is 6.01. The molecule has 2 aromatic rings. The Bertz CT molecular complexity index is 302. The molecular weight excluding hydrogens is 264 g/mol. The van der Waals surface area contributed by atoms with Crippen molar-refractivity contribution in [1.29, 1.82) is 0 Å². The van der Waals surface area contributed by atoms with Crippen LogP contribution in [0, 0.1) is 0 Å². The second-order valence-electron chi connectivity index (χ2n) is 3.61. The van der Waals surface area contributed by atoms with Crippen LogP contribution in [0.15, 0.2) is 54.6 Å². The Hall–Kier alpha value is -0.274. The first-order chi connectivity index (χ1) is 6.61. The van der Waals surface area contributed by atoms with Crippen molar-refractivity contribution in [2.24, 2.45) is 0 Å². The van der Waals surface area contributed by atoms with Crippen LogP contribution in [-0.2, 0) is 17.1 Å². The van der Waals surface area contributed by atoms with E-state index in [-0.39, 0.29) is 17.1 Å². The predicted molar refractivity (Wildman–Crippen MR) is 67.0 cm³/mol. The van der Waals surface area contributed by atoms with Gasteiger partial charge in [-0.15, -0.1) is 0 Å². The molecule has 2 aromatic carbocycles. The molecule has 0 aliphatic rings. The summed E-state index contributed by atoms with van der Waals surface area (Å²) in [6.45, 7) is 4.26. The molecule has 0 aliphatic heterocycles. The largest absolute Gasteiger partial charge is 2.00 e. The number of rotatable bonds is 1. The summed E-state index contributed by atoms with van der Waals surface area (Å²) in [5.41, 5.74) is 0. The van der Waals surface area contributed by atoms with Gasteiger partial charge in [0.2, 0.25) is 0 Å². The molecule has 0 bridgehead atoms. The summed E-state index contributed by atoms with van der Waals surface area (Å²) in [4.78, 5) is 0. The molecule has 0 N–H and O–H groups in total. The van der Waals surface area contributed by atoms with E-state index in [0.717, 1.165) is 0 Å². The Morgan fingerprint density at radius 1 is 1.07 bits per heavy atom. The summed E-state index contributed by atoms with van der Waals surface area (Å²) in [5, 5.41) is 1.32. The molecule has 0 aromatic heterocycles. The average Bonchev–Trinajstić information content (AvgIpc) is 2.80. The quantitative estimate of drug-likeness (QED) is 0.426. The van der Waals surface area contributed by atoms with Crippen molar-refractivity contribution in [3.8, 4) is 0 Å². The van der Waals surface area contributed by atoms with Gasteiger partial charge >= 0.3 is 17.1 Å². The van der Waals surface area contributed by atoms with Gasteiger partial charge in [0, 0.05) is 0 Å². The van der Waals surface area contributed by atoms with Gasteiger partial charge in [-0.3, -0.25) is 0 Å². The number of halogens is 1. The van der Waals surface area contributed by atoms with Crippen LogP contribution in [-0.4, -0.2) is 7.38 Å². The van der Waals surface area contributed by atoms with Crippen molar-refractivity contribution >= 4 is 23.6 Å². The minimum absolute atomic E-state index is 0. The van der Waals surface area contributed by atoms with Crippen molar-refractivity contribution in [3.63, 3.8) is 0 Å². The Balaban J connectivity index is 0.000000280. The van der Waals surface area contributed by atoms with Gasteiger partial charge in [0.1, 0.15) is 0 Å². The third-order valence-corrected chi connectivity index (χ3v) is 4.27. The van der Waals surface area contributed by atoms with Crippen LogP contribution < -0.4 is 5.19 Å². The Morgan fingerprint density at radius 2 is 1.67 bits per heavy atom. The van der Waals surface area contributed by atoms with Crippen molar-refractivity contribution in [2.45, 2.75) is 13.1 Å². The molecule has 0 fully saturated rings. The zero-order valence-corrected chi connectivity index (χ0v) is 11.8. The molecule has 0 spiro atoms. The van der Waals surface area contributed by atoms with Crippen LogP contribution in [0.5, 0.6) is 0 Å². The van der Waals surface area contributed by atoms with E-state index < -0.39 is 7.38 Å². The smallest absolute Gasteiger partial charge is 0.214 e. The normalized spacial score (nSPS) is 9.80. The molecule has 0 nitrogen and oxygen atoms in total. The summed E-state index contributed by atoms with van der Waals surface area (Å²) < 4.78 is 0. The van der Waals surface area contributed by atoms with Gasteiger partial charge in [-0.1, -0.05) is 13.1 Å². The monoisotopic (exact) mass is 278 g/mol. The van der Waals surface area contributed by atoms with Crippen molar-refractivity contribution in [2.75, 3.05) is 0 Å². The molecule has 3 heteroatoms. The maximum absolute atomic E-state index is 6.14. The first kappa shape index (κ1) is 14.7. The van der Waals surface area contributed by atoms with Gasteiger partial charge in [0.25, 0.3) is 0 Å². The van der Waals surface area contributed by atoms with Crippen LogP contribution in [0.25, 0.3) is 0 Å². The molecule has 0 atom stereocenters. The second kappa shape index (κ2) is 7.07. The van der Waals surface area contributed by atoms with Crippen LogP contribution in [0.2, 0.25) is 13.1 Å². The van der Waals surface area contributed by atoms with Crippen molar-refractivity contribution in [3.05, 3.63) is 54.6 Å². The van der Waals surface area contributed by atoms with E-state index in [1.165, 1.54) is 5.19 Å².